The highest BCUT2D eigenvalue weighted by Gasteiger charge is 2.26. The average Bonchev–Trinajstić information content (AvgIpc) is 2.89. The van der Waals surface area contributed by atoms with Crippen molar-refractivity contribution in [2.24, 2.45) is 0 Å². The maximum Gasteiger partial charge on any atom is 0.244 e. The molecular weight excluding hydrogens is 390 g/mol. The number of nitrogens with one attached hydrogen (secondary N) is 2. The smallest absolute Gasteiger partial charge is 0.244 e. The second-order valence-electron chi connectivity index (χ2n) is 5.92. The molecular formula is C17H23N3O3S3. The minimum Gasteiger partial charge on any atom is -0.301 e. The zero-order valence-corrected chi connectivity index (χ0v) is 17.6. The van der Waals surface area contributed by atoms with Gasteiger partial charge in [0.2, 0.25) is 15.9 Å². The highest BCUT2D eigenvalue weighted by molar-refractivity contribution is 7.98. The van der Waals surface area contributed by atoms with Crippen molar-refractivity contribution in [2.75, 3.05) is 17.3 Å². The average molecular weight is 414 g/mol. The van der Waals surface area contributed by atoms with E-state index in [2.05, 4.69) is 15.0 Å². The summed E-state index contributed by atoms with van der Waals surface area (Å²) in [6.45, 7) is 5.68. The van der Waals surface area contributed by atoms with Gasteiger partial charge in [-0.1, -0.05) is 17.7 Å². The summed E-state index contributed by atoms with van der Waals surface area (Å²) >= 11 is 2.93. The van der Waals surface area contributed by atoms with Crippen LogP contribution in [0.2, 0.25) is 0 Å². The molecule has 142 valence electrons. The van der Waals surface area contributed by atoms with Gasteiger partial charge in [0.05, 0.1) is 10.6 Å². The second kappa shape index (κ2) is 8.98. The van der Waals surface area contributed by atoms with Crippen molar-refractivity contribution in [3.63, 3.8) is 0 Å². The SMILES string of the molecule is CSCC[C@@H](NS(=O)(=O)c1ccc(C)cc1)C(=O)Nc1nc(C)c(C)s1. The zero-order chi connectivity index (χ0) is 19.3. The number of rotatable bonds is 8. The number of aromatic nitrogens is 1. The summed E-state index contributed by atoms with van der Waals surface area (Å²) in [4.78, 5) is 18.1. The van der Waals surface area contributed by atoms with Crippen LogP contribution in [0.25, 0.3) is 0 Å². The van der Waals surface area contributed by atoms with Crippen LogP contribution in [0.5, 0.6) is 0 Å². The molecule has 2 N–H and O–H groups in total. The molecule has 0 saturated heterocycles. The van der Waals surface area contributed by atoms with Gasteiger partial charge >= 0.3 is 0 Å². The first-order valence-corrected chi connectivity index (χ1v) is 11.7. The van der Waals surface area contributed by atoms with Crippen LogP contribution in [-0.4, -0.2) is 37.4 Å². The molecule has 0 fully saturated rings. The molecule has 0 bridgehead atoms. The van der Waals surface area contributed by atoms with Gasteiger partial charge in [-0.3, -0.25) is 4.79 Å². The molecule has 2 aromatic rings. The van der Waals surface area contributed by atoms with E-state index < -0.39 is 22.0 Å². The van der Waals surface area contributed by atoms with Crippen LogP contribution in [0.4, 0.5) is 5.13 Å². The lowest BCUT2D eigenvalue weighted by Crippen LogP contribution is -2.44. The highest BCUT2D eigenvalue weighted by Crippen LogP contribution is 2.21. The van der Waals surface area contributed by atoms with E-state index >= 15 is 0 Å². The third-order valence-corrected chi connectivity index (χ3v) is 6.93. The Morgan fingerprint density at radius 3 is 2.42 bits per heavy atom. The molecule has 0 aliphatic heterocycles. The number of carbonyl (C=O) groups excluding carboxylic acids is 1. The summed E-state index contributed by atoms with van der Waals surface area (Å²) in [6.07, 6.45) is 2.30. The van der Waals surface area contributed by atoms with E-state index in [9.17, 15) is 13.2 Å². The lowest BCUT2D eigenvalue weighted by atomic mass is 10.2. The van der Waals surface area contributed by atoms with Gasteiger partial charge in [0.25, 0.3) is 0 Å². The maximum atomic E-state index is 12.6. The molecule has 1 aromatic heterocycles. The third-order valence-electron chi connectivity index (χ3n) is 3.81. The summed E-state index contributed by atoms with van der Waals surface area (Å²) in [5, 5.41) is 3.21. The van der Waals surface area contributed by atoms with E-state index in [-0.39, 0.29) is 4.90 Å². The van der Waals surface area contributed by atoms with Gasteiger partial charge in [-0.2, -0.15) is 16.5 Å². The molecule has 0 spiro atoms. The normalized spacial score (nSPS) is 12.8. The molecule has 9 heteroatoms. The molecule has 1 aromatic carbocycles. The summed E-state index contributed by atoms with van der Waals surface area (Å²) in [5.41, 5.74) is 1.82. The van der Waals surface area contributed by atoms with E-state index in [4.69, 9.17) is 0 Å². The van der Waals surface area contributed by atoms with E-state index in [1.54, 1.807) is 23.9 Å². The third kappa shape index (κ3) is 5.54. The number of anilines is 1. The number of thioether (sulfide) groups is 1. The number of benzene rings is 1. The van der Waals surface area contributed by atoms with Gasteiger partial charge in [-0.15, -0.1) is 11.3 Å². The van der Waals surface area contributed by atoms with Crippen LogP contribution in [-0.2, 0) is 14.8 Å². The zero-order valence-electron chi connectivity index (χ0n) is 15.2. The van der Waals surface area contributed by atoms with E-state index in [1.807, 2.05) is 27.0 Å². The van der Waals surface area contributed by atoms with Crippen LogP contribution in [0.1, 0.15) is 22.6 Å². The molecule has 0 unspecified atom stereocenters. The minimum atomic E-state index is -3.78. The van der Waals surface area contributed by atoms with Gasteiger partial charge in [-0.05, 0) is 51.3 Å². The van der Waals surface area contributed by atoms with Crippen molar-refractivity contribution in [1.82, 2.24) is 9.71 Å². The Kier molecular flexibility index (Phi) is 7.22. The summed E-state index contributed by atoms with van der Waals surface area (Å²) < 4.78 is 27.8. The van der Waals surface area contributed by atoms with Crippen molar-refractivity contribution in [3.05, 3.63) is 40.4 Å². The van der Waals surface area contributed by atoms with Crippen molar-refractivity contribution < 1.29 is 13.2 Å². The fourth-order valence-electron chi connectivity index (χ4n) is 2.17. The molecule has 2 rings (SSSR count). The fraction of sp³-hybridized carbons (Fsp3) is 0.412. The number of amides is 1. The summed E-state index contributed by atoms with van der Waals surface area (Å²) in [6, 6.07) is 5.67. The predicted octanol–water partition coefficient (Wildman–Crippen LogP) is 3.11. The van der Waals surface area contributed by atoms with Gasteiger partial charge in [0.1, 0.15) is 6.04 Å². The topological polar surface area (TPSA) is 88.2 Å². The Morgan fingerprint density at radius 1 is 1.23 bits per heavy atom. The van der Waals surface area contributed by atoms with Gasteiger partial charge in [0, 0.05) is 4.88 Å². The number of sulfonamides is 1. The number of nitrogens with zero attached hydrogens (tertiary/aromatic N) is 1. The largest absolute Gasteiger partial charge is 0.301 e. The number of aryl methyl sites for hydroxylation is 3. The summed E-state index contributed by atoms with van der Waals surface area (Å²) in [7, 11) is -3.78. The first kappa shape index (κ1) is 20.9. The lowest BCUT2D eigenvalue weighted by Gasteiger charge is -2.17. The number of carbonyl (C=O) groups is 1. The van der Waals surface area contributed by atoms with Crippen LogP contribution in [0, 0.1) is 20.8 Å². The van der Waals surface area contributed by atoms with Crippen molar-refractivity contribution in [1.29, 1.82) is 0 Å². The Hall–Kier alpha value is -1.42. The number of hydrogen-bond acceptors (Lipinski definition) is 6. The van der Waals surface area contributed by atoms with Gasteiger partial charge < -0.3 is 5.32 Å². The Labute approximate surface area is 162 Å². The molecule has 0 aliphatic carbocycles. The standard InChI is InChI=1S/C17H23N3O3S3/c1-11-5-7-14(8-6-11)26(22,23)20-15(9-10-24-4)16(21)19-17-18-12(2)13(3)25-17/h5-8,15,20H,9-10H2,1-4H3,(H,18,19,21)/t15-/m1/s1. The molecule has 1 atom stereocenters. The Morgan fingerprint density at radius 2 is 1.88 bits per heavy atom. The van der Waals surface area contributed by atoms with Crippen LogP contribution in [0.15, 0.2) is 29.2 Å². The molecule has 1 amide bonds. The van der Waals surface area contributed by atoms with Gasteiger partial charge in [0.15, 0.2) is 5.13 Å². The molecule has 6 nitrogen and oxygen atoms in total. The molecule has 0 saturated carbocycles. The fourth-order valence-corrected chi connectivity index (χ4v) is 4.69. The molecule has 26 heavy (non-hydrogen) atoms. The molecule has 1 heterocycles. The Balaban J connectivity index is 2.17. The Bertz CT molecular complexity index is 842. The maximum absolute atomic E-state index is 12.6. The molecule has 0 aliphatic rings. The lowest BCUT2D eigenvalue weighted by molar-refractivity contribution is -0.117. The van der Waals surface area contributed by atoms with Crippen LogP contribution >= 0.6 is 23.1 Å². The van der Waals surface area contributed by atoms with Crippen molar-refractivity contribution in [3.8, 4) is 0 Å². The van der Waals surface area contributed by atoms with Gasteiger partial charge in [-0.25, -0.2) is 13.4 Å². The first-order chi connectivity index (χ1) is 12.2. The van der Waals surface area contributed by atoms with E-state index in [0.717, 1.165) is 16.1 Å². The van der Waals surface area contributed by atoms with Crippen LogP contribution < -0.4 is 10.0 Å². The minimum absolute atomic E-state index is 0.144. The quantitative estimate of drug-likeness (QED) is 0.694. The summed E-state index contributed by atoms with van der Waals surface area (Å²) in [5.74, 6) is 0.258. The molecule has 0 radical (unpaired) electrons. The highest BCUT2D eigenvalue weighted by atomic mass is 32.2. The van der Waals surface area contributed by atoms with Crippen molar-refractivity contribution >= 4 is 44.2 Å². The van der Waals surface area contributed by atoms with Crippen molar-refractivity contribution in [2.45, 2.75) is 38.1 Å². The van der Waals surface area contributed by atoms with E-state index in [0.29, 0.717) is 17.3 Å². The number of thiazole rings is 1. The van der Waals surface area contributed by atoms with E-state index in [1.165, 1.54) is 23.5 Å². The monoisotopic (exact) mass is 413 g/mol. The predicted molar refractivity (Wildman–Crippen MR) is 109 cm³/mol. The van der Waals surface area contributed by atoms with Crippen LogP contribution in [0.3, 0.4) is 0 Å². The second-order valence-corrected chi connectivity index (χ2v) is 9.82. The first-order valence-electron chi connectivity index (χ1n) is 8.06. The number of hydrogen-bond donors (Lipinski definition) is 2.